The third-order valence-corrected chi connectivity index (χ3v) is 6.68. The van der Waals surface area contributed by atoms with Crippen molar-refractivity contribution in [1.82, 2.24) is 5.32 Å². The molecule has 0 bridgehead atoms. The molecule has 11 nitrogen and oxygen atoms in total. The van der Waals surface area contributed by atoms with Gasteiger partial charge in [0.2, 0.25) is 0 Å². The van der Waals surface area contributed by atoms with E-state index in [0.29, 0.717) is 33.8 Å². The van der Waals surface area contributed by atoms with Crippen LogP contribution in [0.25, 0.3) is 6.08 Å². The van der Waals surface area contributed by atoms with Gasteiger partial charge in [-0.15, -0.1) is 0 Å². The van der Waals surface area contributed by atoms with Crippen molar-refractivity contribution in [2.24, 2.45) is 0 Å². The van der Waals surface area contributed by atoms with Crippen molar-refractivity contribution in [1.29, 1.82) is 0 Å². The van der Waals surface area contributed by atoms with E-state index in [1.807, 2.05) is 6.92 Å². The smallest absolute Gasteiger partial charge is 0.335 e. The van der Waals surface area contributed by atoms with Gasteiger partial charge >= 0.3 is 6.03 Å². The lowest BCUT2D eigenvalue weighted by Crippen LogP contribution is -2.54. The zero-order valence-corrected chi connectivity index (χ0v) is 25.7. The van der Waals surface area contributed by atoms with Gasteiger partial charge < -0.3 is 24.3 Å². The number of urea groups is 1. The molecule has 0 saturated carbocycles. The molecule has 230 valence electrons. The number of anilines is 2. The molecule has 1 aliphatic heterocycles. The van der Waals surface area contributed by atoms with Crippen LogP contribution in [-0.4, -0.2) is 50.7 Å². The molecule has 0 spiro atoms. The number of barbiturate groups is 1. The van der Waals surface area contributed by atoms with Gasteiger partial charge in [0.05, 0.1) is 30.5 Å². The van der Waals surface area contributed by atoms with E-state index in [1.165, 1.54) is 55.7 Å². The van der Waals surface area contributed by atoms with Crippen LogP contribution in [-0.2, 0) is 14.4 Å². The minimum atomic E-state index is -0.916. The Kier molecular flexibility index (Phi) is 10.6. The topological polar surface area (TPSA) is 132 Å². The molecule has 1 aliphatic rings. The van der Waals surface area contributed by atoms with Crippen LogP contribution >= 0.6 is 15.9 Å². The molecule has 4 rings (SSSR count). The van der Waals surface area contributed by atoms with Crippen molar-refractivity contribution in [3.63, 3.8) is 0 Å². The second-order valence-corrected chi connectivity index (χ2v) is 10.1. The van der Waals surface area contributed by atoms with Crippen molar-refractivity contribution in [3.8, 4) is 23.0 Å². The molecule has 0 atom stereocenters. The number of carbonyl (C=O) groups excluding carboxylic acids is 4. The molecular weight excluding hydrogens is 641 g/mol. The molecule has 2 N–H and O–H groups in total. The van der Waals surface area contributed by atoms with Gasteiger partial charge in [0, 0.05) is 11.8 Å². The average Bonchev–Trinajstić information content (AvgIpc) is 2.99. The van der Waals surface area contributed by atoms with E-state index in [1.54, 1.807) is 19.1 Å². The van der Waals surface area contributed by atoms with Crippen molar-refractivity contribution in [3.05, 3.63) is 76.0 Å². The fourth-order valence-electron chi connectivity index (χ4n) is 4.13. The highest BCUT2D eigenvalue weighted by Gasteiger charge is 2.37. The van der Waals surface area contributed by atoms with Crippen molar-refractivity contribution in [2.75, 3.05) is 37.1 Å². The van der Waals surface area contributed by atoms with Crippen LogP contribution in [0.15, 0.2) is 64.6 Å². The Morgan fingerprint density at radius 3 is 2.41 bits per heavy atom. The lowest BCUT2D eigenvalue weighted by Gasteiger charge is -2.27. The zero-order valence-electron chi connectivity index (χ0n) is 24.1. The monoisotopic (exact) mass is 669 g/mol. The second kappa shape index (κ2) is 14.5. The van der Waals surface area contributed by atoms with E-state index in [2.05, 4.69) is 26.6 Å². The maximum atomic E-state index is 13.5. The van der Waals surface area contributed by atoms with Crippen LogP contribution in [0.3, 0.4) is 0 Å². The molecule has 3 aromatic rings. The van der Waals surface area contributed by atoms with E-state index < -0.39 is 29.6 Å². The SMILES string of the molecule is CCCOc1ccc(N2C(=O)NC(=O)/C(=C/c3cc(Br)c(OCC(=O)Nc4ccc(F)cc4)c(OCC)c3)C2=O)cc1OC. The Morgan fingerprint density at radius 2 is 1.73 bits per heavy atom. The molecule has 0 aliphatic carbocycles. The normalized spacial score (nSPS) is 13.9. The fraction of sp³-hybridized carbons (Fsp3) is 0.226. The maximum absolute atomic E-state index is 13.5. The van der Waals surface area contributed by atoms with Gasteiger partial charge in [0.15, 0.2) is 29.6 Å². The maximum Gasteiger partial charge on any atom is 0.335 e. The van der Waals surface area contributed by atoms with Crippen LogP contribution in [0.4, 0.5) is 20.6 Å². The van der Waals surface area contributed by atoms with Gasteiger partial charge in [-0.05, 0) is 89.4 Å². The highest BCUT2D eigenvalue weighted by atomic mass is 79.9. The number of carbonyl (C=O) groups is 4. The van der Waals surface area contributed by atoms with Crippen molar-refractivity contribution >= 4 is 57.1 Å². The lowest BCUT2D eigenvalue weighted by molar-refractivity contribution is -0.122. The average molecular weight is 670 g/mol. The van der Waals surface area contributed by atoms with Crippen LogP contribution in [0, 0.1) is 5.82 Å². The van der Waals surface area contributed by atoms with Gasteiger partial charge in [0.25, 0.3) is 17.7 Å². The number of benzene rings is 3. The molecule has 44 heavy (non-hydrogen) atoms. The highest BCUT2D eigenvalue weighted by Crippen LogP contribution is 2.38. The first kappa shape index (κ1) is 32.0. The van der Waals surface area contributed by atoms with Gasteiger partial charge in [-0.3, -0.25) is 19.7 Å². The highest BCUT2D eigenvalue weighted by molar-refractivity contribution is 9.10. The third-order valence-electron chi connectivity index (χ3n) is 6.09. The molecule has 5 amide bonds. The number of rotatable bonds is 12. The quantitative estimate of drug-likeness (QED) is 0.192. The Balaban J connectivity index is 1.58. The van der Waals surface area contributed by atoms with Crippen LogP contribution in [0.5, 0.6) is 23.0 Å². The molecule has 1 saturated heterocycles. The van der Waals surface area contributed by atoms with E-state index >= 15 is 0 Å². The Bertz CT molecular complexity index is 1610. The molecule has 13 heteroatoms. The zero-order chi connectivity index (χ0) is 31.8. The summed E-state index contributed by atoms with van der Waals surface area (Å²) < 4.78 is 35.9. The molecule has 1 heterocycles. The molecule has 0 radical (unpaired) electrons. The summed E-state index contributed by atoms with van der Waals surface area (Å²) in [5.74, 6) is -1.47. The van der Waals surface area contributed by atoms with Gasteiger partial charge in [0.1, 0.15) is 11.4 Å². The summed E-state index contributed by atoms with van der Waals surface area (Å²) in [6.45, 7) is 4.01. The largest absolute Gasteiger partial charge is 0.493 e. The molecular formula is C31H29BrFN3O8. The van der Waals surface area contributed by atoms with Crippen LogP contribution < -0.4 is 34.5 Å². The van der Waals surface area contributed by atoms with E-state index in [4.69, 9.17) is 18.9 Å². The Labute approximate surface area is 261 Å². The summed E-state index contributed by atoms with van der Waals surface area (Å²) in [5.41, 5.74) is 0.632. The summed E-state index contributed by atoms with van der Waals surface area (Å²) in [6.07, 6.45) is 2.08. The lowest BCUT2D eigenvalue weighted by atomic mass is 10.1. The number of nitrogens with one attached hydrogen (secondary N) is 2. The third kappa shape index (κ3) is 7.53. The predicted octanol–water partition coefficient (Wildman–Crippen LogP) is 5.47. The Morgan fingerprint density at radius 1 is 0.977 bits per heavy atom. The number of ether oxygens (including phenoxy) is 4. The number of methoxy groups -OCH3 is 1. The van der Waals surface area contributed by atoms with Crippen LogP contribution in [0.1, 0.15) is 25.8 Å². The minimum absolute atomic E-state index is 0.172. The van der Waals surface area contributed by atoms with E-state index in [9.17, 15) is 23.6 Å². The summed E-state index contributed by atoms with van der Waals surface area (Å²) in [5, 5.41) is 4.79. The molecule has 0 aromatic heterocycles. The number of hydrogen-bond donors (Lipinski definition) is 2. The minimum Gasteiger partial charge on any atom is -0.493 e. The van der Waals surface area contributed by atoms with Crippen molar-refractivity contribution in [2.45, 2.75) is 20.3 Å². The summed E-state index contributed by atoms with van der Waals surface area (Å²) in [4.78, 5) is 52.2. The van der Waals surface area contributed by atoms with E-state index in [-0.39, 0.29) is 36.0 Å². The van der Waals surface area contributed by atoms with Crippen molar-refractivity contribution < 1.29 is 42.5 Å². The molecule has 3 aromatic carbocycles. The number of hydrogen-bond acceptors (Lipinski definition) is 8. The van der Waals surface area contributed by atoms with Crippen LogP contribution in [0.2, 0.25) is 0 Å². The number of amides is 5. The summed E-state index contributed by atoms with van der Waals surface area (Å²) >= 11 is 3.40. The van der Waals surface area contributed by atoms with E-state index in [0.717, 1.165) is 11.3 Å². The molecule has 1 fully saturated rings. The van der Waals surface area contributed by atoms with Gasteiger partial charge in [-0.2, -0.15) is 0 Å². The van der Waals surface area contributed by atoms with Gasteiger partial charge in [-0.1, -0.05) is 6.92 Å². The standard InChI is InChI=1S/C31H29BrFN3O8/c1-4-12-43-24-11-10-21(16-25(24)41-3)36-30(39)22(29(38)35-31(36)40)13-18-14-23(32)28(26(15-18)42-5-2)44-17-27(37)34-20-8-6-19(33)7-9-20/h6-11,13-16H,4-5,12,17H2,1-3H3,(H,34,37)(H,35,38,40)/b22-13-. The van der Waals surface area contributed by atoms with Gasteiger partial charge in [-0.25, -0.2) is 14.1 Å². The first-order valence-corrected chi connectivity index (χ1v) is 14.3. The molecule has 0 unspecified atom stereocenters. The summed E-state index contributed by atoms with van der Waals surface area (Å²) in [7, 11) is 1.43. The predicted molar refractivity (Wildman–Crippen MR) is 164 cm³/mol. The first-order chi connectivity index (χ1) is 21.1. The first-order valence-electron chi connectivity index (χ1n) is 13.5. The number of imide groups is 2. The summed E-state index contributed by atoms with van der Waals surface area (Å²) in [6, 6.07) is 12.0. The Hall–Kier alpha value is -4.91. The number of nitrogens with zero attached hydrogens (tertiary/aromatic N) is 1. The number of halogens is 2. The second-order valence-electron chi connectivity index (χ2n) is 9.25. The fourth-order valence-corrected chi connectivity index (χ4v) is 4.70.